The van der Waals surface area contributed by atoms with E-state index < -0.39 is 35.1 Å². The van der Waals surface area contributed by atoms with Crippen LogP contribution in [0.4, 0.5) is 5.69 Å². The molecule has 0 aliphatic carbocycles. The zero-order valence-corrected chi connectivity index (χ0v) is 23.2. The normalized spacial score (nSPS) is 33.4. The number of aliphatic hydroxyl groups excluding tert-OH is 1. The van der Waals surface area contributed by atoms with Gasteiger partial charge in [-0.1, -0.05) is 56.4 Å². The van der Waals surface area contributed by atoms with Gasteiger partial charge in [-0.25, -0.2) is 0 Å². The highest BCUT2D eigenvalue weighted by Gasteiger charge is 2.75. The second kappa shape index (κ2) is 9.35. The molecule has 0 aromatic heterocycles. The first-order chi connectivity index (χ1) is 18.0. The number of likely N-dealkylation sites (N-methyl/N-ethyl adjacent to an activating group) is 1. The molecule has 0 bridgehead atoms. The van der Waals surface area contributed by atoms with E-state index in [1.165, 1.54) is 0 Å². The van der Waals surface area contributed by atoms with Gasteiger partial charge in [0.1, 0.15) is 11.6 Å². The van der Waals surface area contributed by atoms with Crippen LogP contribution in [0.15, 0.2) is 42.5 Å². The molecule has 8 heteroatoms. The van der Waals surface area contributed by atoms with Gasteiger partial charge in [0.2, 0.25) is 11.8 Å². The number of aliphatic hydroxyl groups is 1. The van der Waals surface area contributed by atoms with Gasteiger partial charge in [-0.15, -0.1) is 0 Å². The zero-order chi connectivity index (χ0) is 27.6. The lowest BCUT2D eigenvalue weighted by Crippen LogP contribution is -2.59. The second-order valence-electron chi connectivity index (χ2n) is 11.9. The summed E-state index contributed by atoms with van der Waals surface area (Å²) in [5, 5.41) is 10.5. The summed E-state index contributed by atoms with van der Waals surface area (Å²) in [5.41, 5.74) is 0.355. The lowest BCUT2D eigenvalue weighted by Gasteiger charge is -2.40. The van der Waals surface area contributed by atoms with Crippen LogP contribution in [0.25, 0.3) is 0 Å². The molecule has 0 radical (unpaired) electrons. The lowest BCUT2D eigenvalue weighted by molar-refractivity contribution is -0.151. The van der Waals surface area contributed by atoms with Crippen molar-refractivity contribution in [3.05, 3.63) is 53.6 Å². The quantitative estimate of drug-likeness (QED) is 0.602. The molecule has 1 aromatic carbocycles. The number of likely N-dealkylation sites (tertiary alicyclic amines) is 1. The van der Waals surface area contributed by atoms with Crippen LogP contribution in [0.2, 0.25) is 0 Å². The fraction of sp³-hybridized carbons (Fsp3) is 0.567. The van der Waals surface area contributed by atoms with Crippen molar-refractivity contribution in [1.82, 2.24) is 9.80 Å². The average molecular weight is 522 g/mol. The largest absolute Gasteiger partial charge is 0.394 e. The summed E-state index contributed by atoms with van der Waals surface area (Å²) in [5.74, 6) is -2.21. The third-order valence-electron chi connectivity index (χ3n) is 8.75. The fourth-order valence-corrected chi connectivity index (χ4v) is 7.23. The summed E-state index contributed by atoms with van der Waals surface area (Å²) < 4.78 is 6.85. The topological polar surface area (TPSA) is 90.4 Å². The fourth-order valence-electron chi connectivity index (χ4n) is 7.23. The van der Waals surface area contributed by atoms with Crippen molar-refractivity contribution in [2.45, 2.75) is 64.3 Å². The highest BCUT2D eigenvalue weighted by atomic mass is 16.5. The van der Waals surface area contributed by atoms with E-state index in [4.69, 9.17) is 4.74 Å². The number of amides is 3. The molecule has 0 saturated carbocycles. The number of anilines is 1. The Labute approximate surface area is 224 Å². The van der Waals surface area contributed by atoms with E-state index in [2.05, 4.69) is 0 Å². The Balaban J connectivity index is 1.71. The number of para-hydroxylation sites is 1. The molecule has 8 nitrogen and oxygen atoms in total. The Morgan fingerprint density at radius 3 is 2.29 bits per heavy atom. The van der Waals surface area contributed by atoms with Crippen LogP contribution in [0.1, 0.15) is 38.3 Å². The van der Waals surface area contributed by atoms with Crippen molar-refractivity contribution < 1.29 is 24.2 Å². The Kier molecular flexibility index (Phi) is 6.55. The number of carbonyl (C=O) groups excluding carboxylic acids is 3. The third kappa shape index (κ3) is 3.75. The molecule has 1 aromatic rings. The molecule has 1 unspecified atom stereocenters. The Morgan fingerprint density at radius 2 is 1.66 bits per heavy atom. The molecular formula is C30H39N3O5. The van der Waals surface area contributed by atoms with Crippen molar-refractivity contribution >= 4 is 23.4 Å². The molecule has 2 saturated heterocycles. The van der Waals surface area contributed by atoms with Gasteiger partial charge in [-0.05, 0) is 44.2 Å². The van der Waals surface area contributed by atoms with Crippen molar-refractivity contribution in [2.75, 3.05) is 31.6 Å². The monoisotopic (exact) mass is 521 g/mol. The minimum absolute atomic E-state index is 0.172. The number of hydrogen-bond donors (Lipinski definition) is 1. The summed E-state index contributed by atoms with van der Waals surface area (Å²) >= 11 is 0. The first-order valence-corrected chi connectivity index (χ1v) is 13.6. The number of carbonyl (C=O) groups is 3. The SMILES string of the molecule is Cc1cccc(C)c1N1CC=C[C@]23O[C@@]4(C)C=CCN(C)C(=O)[C@H]4[C@H]2C(=O)N([C@@H](CO)CC(C)C)C3C1=O. The predicted molar refractivity (Wildman–Crippen MR) is 144 cm³/mol. The number of rotatable bonds is 5. The maximum Gasteiger partial charge on any atom is 0.253 e. The molecular weight excluding hydrogens is 482 g/mol. The number of aryl methyl sites for hydroxylation is 2. The maximum absolute atomic E-state index is 14.7. The predicted octanol–water partition coefficient (Wildman–Crippen LogP) is 2.61. The maximum atomic E-state index is 14.7. The average Bonchev–Trinajstić information content (AvgIpc) is 3.13. The van der Waals surface area contributed by atoms with Gasteiger partial charge in [0, 0.05) is 25.8 Å². The molecule has 2 fully saturated rings. The first-order valence-electron chi connectivity index (χ1n) is 13.6. The first kappa shape index (κ1) is 26.6. The highest BCUT2D eigenvalue weighted by molar-refractivity contribution is 6.06. The van der Waals surface area contributed by atoms with E-state index in [-0.39, 0.29) is 30.2 Å². The molecule has 6 atom stereocenters. The van der Waals surface area contributed by atoms with Gasteiger partial charge in [0.05, 0.1) is 30.1 Å². The van der Waals surface area contributed by atoms with Crippen LogP contribution in [0.3, 0.4) is 0 Å². The molecule has 4 aliphatic heterocycles. The number of benzene rings is 1. The third-order valence-corrected chi connectivity index (χ3v) is 8.75. The summed E-state index contributed by atoms with van der Waals surface area (Å²) in [4.78, 5) is 47.8. The molecule has 4 heterocycles. The van der Waals surface area contributed by atoms with Gasteiger partial charge >= 0.3 is 0 Å². The van der Waals surface area contributed by atoms with Crippen molar-refractivity contribution in [1.29, 1.82) is 0 Å². The van der Waals surface area contributed by atoms with Crippen molar-refractivity contribution in [2.24, 2.45) is 17.8 Å². The number of ether oxygens (including phenoxy) is 1. The van der Waals surface area contributed by atoms with E-state index in [1.54, 1.807) is 21.7 Å². The second-order valence-corrected chi connectivity index (χ2v) is 11.9. The lowest BCUT2D eigenvalue weighted by atomic mass is 9.74. The summed E-state index contributed by atoms with van der Waals surface area (Å²) in [6.45, 7) is 10.3. The highest BCUT2D eigenvalue weighted by Crippen LogP contribution is 2.58. The van der Waals surface area contributed by atoms with Crippen LogP contribution in [-0.4, -0.2) is 82.7 Å². The van der Waals surface area contributed by atoms with E-state index in [0.29, 0.717) is 19.5 Å². The van der Waals surface area contributed by atoms with Gasteiger partial charge in [-0.3, -0.25) is 14.4 Å². The number of fused-ring (bicyclic) bond motifs is 2. The standard InChI is InChI=1S/C30H39N3O5/c1-18(2)16-21(17-34)33-25-28(37)32(24-19(3)10-7-11-20(24)4)15-9-13-30(25)23(27(33)36)22-26(35)31(6)14-8-12-29(22,5)38-30/h7-13,18,21-23,25,34H,14-17H2,1-6H3/t21-,22-,23+,25?,29+,30+/m1/s1. The van der Waals surface area contributed by atoms with Gasteiger partial charge in [-0.2, -0.15) is 0 Å². The van der Waals surface area contributed by atoms with E-state index in [0.717, 1.165) is 16.8 Å². The molecule has 4 aliphatic rings. The number of hydrogen-bond acceptors (Lipinski definition) is 5. The van der Waals surface area contributed by atoms with Crippen molar-refractivity contribution in [3.8, 4) is 0 Å². The van der Waals surface area contributed by atoms with Crippen molar-refractivity contribution in [3.63, 3.8) is 0 Å². The Bertz CT molecular complexity index is 1200. The van der Waals surface area contributed by atoms with Crippen LogP contribution >= 0.6 is 0 Å². The molecule has 1 spiro atoms. The molecule has 1 N–H and O–H groups in total. The van der Waals surface area contributed by atoms with E-state index >= 15 is 0 Å². The van der Waals surface area contributed by atoms with Gasteiger partial charge in [0.25, 0.3) is 5.91 Å². The van der Waals surface area contributed by atoms with E-state index in [9.17, 15) is 19.5 Å². The van der Waals surface area contributed by atoms with Crippen LogP contribution in [-0.2, 0) is 19.1 Å². The Morgan fingerprint density at radius 1 is 1.00 bits per heavy atom. The van der Waals surface area contributed by atoms with Crippen LogP contribution in [0.5, 0.6) is 0 Å². The summed E-state index contributed by atoms with van der Waals surface area (Å²) in [6.07, 6.45) is 8.06. The summed E-state index contributed by atoms with van der Waals surface area (Å²) in [7, 11) is 1.73. The van der Waals surface area contributed by atoms with Gasteiger partial charge in [0.15, 0.2) is 0 Å². The molecule has 5 rings (SSSR count). The van der Waals surface area contributed by atoms with Crippen LogP contribution in [0, 0.1) is 31.6 Å². The minimum atomic E-state index is -1.33. The zero-order valence-electron chi connectivity index (χ0n) is 23.2. The van der Waals surface area contributed by atoms with Gasteiger partial charge < -0.3 is 24.5 Å². The van der Waals surface area contributed by atoms with Crippen LogP contribution < -0.4 is 4.90 Å². The summed E-state index contributed by atoms with van der Waals surface area (Å²) in [6, 6.07) is 4.32. The molecule has 38 heavy (non-hydrogen) atoms. The molecule has 3 amide bonds. The minimum Gasteiger partial charge on any atom is -0.394 e. The van der Waals surface area contributed by atoms with E-state index in [1.807, 2.05) is 77.1 Å². The Hall–Kier alpha value is -2.97. The number of nitrogens with zero attached hydrogens (tertiary/aromatic N) is 3. The smallest absolute Gasteiger partial charge is 0.253 e. The molecule has 204 valence electrons.